The van der Waals surface area contributed by atoms with Crippen molar-refractivity contribution in [2.75, 3.05) is 31.1 Å². The first-order chi connectivity index (χ1) is 15.5. The van der Waals surface area contributed by atoms with E-state index in [0.29, 0.717) is 11.0 Å². The van der Waals surface area contributed by atoms with Crippen molar-refractivity contribution in [1.29, 1.82) is 0 Å². The fourth-order valence-electron chi connectivity index (χ4n) is 4.16. The van der Waals surface area contributed by atoms with Crippen LogP contribution in [0.1, 0.15) is 12.0 Å². The number of sulfonamides is 1. The van der Waals surface area contributed by atoms with Crippen LogP contribution in [0.5, 0.6) is 0 Å². The molecule has 0 bridgehead atoms. The monoisotopic (exact) mass is 486 g/mol. The highest BCUT2D eigenvalue weighted by atomic mass is 32.2. The minimum absolute atomic E-state index is 0.0115. The molecule has 0 saturated carbocycles. The normalized spacial score (nSPS) is 21.1. The lowest BCUT2D eigenvalue weighted by atomic mass is 10.2. The summed E-state index contributed by atoms with van der Waals surface area (Å²) in [5.74, 6) is -1.38. The van der Waals surface area contributed by atoms with Gasteiger partial charge in [-0.25, -0.2) is 17.7 Å². The van der Waals surface area contributed by atoms with Crippen LogP contribution in [-0.2, 0) is 25.8 Å². The number of hydrogen-bond acceptors (Lipinski definition) is 4. The summed E-state index contributed by atoms with van der Waals surface area (Å²) >= 11 is 0. The van der Waals surface area contributed by atoms with Gasteiger partial charge in [-0.1, -0.05) is 6.07 Å². The predicted molar refractivity (Wildman–Crippen MR) is 108 cm³/mol. The number of hydrogen-bond donors (Lipinski definition) is 1. The van der Waals surface area contributed by atoms with Crippen LogP contribution in [0.3, 0.4) is 0 Å². The van der Waals surface area contributed by atoms with E-state index in [2.05, 4.69) is 0 Å². The van der Waals surface area contributed by atoms with Crippen molar-refractivity contribution in [3.8, 4) is 0 Å². The largest absolute Gasteiger partial charge is 0.416 e. The van der Waals surface area contributed by atoms with Crippen LogP contribution < -0.4 is 9.80 Å². The number of alkyl halides is 3. The molecule has 1 atom stereocenters. The smallest absolute Gasteiger partial charge is 0.322 e. The van der Waals surface area contributed by atoms with Crippen molar-refractivity contribution >= 4 is 27.5 Å². The standard InChI is InChI=1S/C21H19F4N3O4S/c22-15-4-6-16(7-5-15)28-19(29)13-18(20(28)30)26-8-10-27(11-9-26)33(31,32)17-3-1-2-14(12-17)21(23,24)25/h1-7,12,18H,8-11,13H2/p+1/t18-/m1/s1. The van der Waals surface area contributed by atoms with Gasteiger partial charge >= 0.3 is 6.18 Å². The number of carbonyl (C=O) groups is 2. The fourth-order valence-corrected chi connectivity index (χ4v) is 5.64. The molecule has 2 aliphatic rings. The minimum atomic E-state index is -4.67. The Labute approximate surface area is 187 Å². The molecule has 2 saturated heterocycles. The zero-order valence-corrected chi connectivity index (χ0v) is 18.0. The van der Waals surface area contributed by atoms with Gasteiger partial charge < -0.3 is 4.90 Å². The number of amides is 2. The Morgan fingerprint density at radius 3 is 2.21 bits per heavy atom. The molecule has 176 valence electrons. The molecule has 1 N–H and O–H groups in total. The van der Waals surface area contributed by atoms with Gasteiger partial charge in [-0.3, -0.25) is 9.59 Å². The molecule has 12 heteroatoms. The molecule has 7 nitrogen and oxygen atoms in total. The van der Waals surface area contributed by atoms with Crippen LogP contribution in [0.2, 0.25) is 0 Å². The van der Waals surface area contributed by atoms with Crippen LogP contribution in [0, 0.1) is 5.82 Å². The average molecular weight is 486 g/mol. The number of anilines is 1. The summed E-state index contributed by atoms with van der Waals surface area (Å²) in [5, 5.41) is 0. The van der Waals surface area contributed by atoms with Gasteiger partial charge in [0.25, 0.3) is 5.91 Å². The SMILES string of the molecule is O=C1C[C@@H]([NH+]2CCN(S(=O)(=O)c3cccc(C(F)(F)F)c3)CC2)C(=O)N1c1ccc(F)cc1. The maximum Gasteiger partial charge on any atom is 0.416 e. The second-order valence-corrected chi connectivity index (χ2v) is 9.83. The molecule has 0 aliphatic carbocycles. The van der Waals surface area contributed by atoms with Crippen LogP contribution in [0.4, 0.5) is 23.2 Å². The number of halogens is 4. The molecule has 2 heterocycles. The summed E-state index contributed by atoms with van der Waals surface area (Å²) in [6.45, 7) is 0.392. The molecule has 0 unspecified atom stereocenters. The van der Waals surface area contributed by atoms with E-state index >= 15 is 0 Å². The highest BCUT2D eigenvalue weighted by molar-refractivity contribution is 7.89. The molecule has 33 heavy (non-hydrogen) atoms. The van der Waals surface area contributed by atoms with E-state index in [0.717, 1.165) is 39.5 Å². The number of nitrogens with zero attached hydrogens (tertiary/aromatic N) is 2. The molecule has 2 aromatic rings. The summed E-state index contributed by atoms with van der Waals surface area (Å²) in [5.41, 5.74) is -0.789. The Morgan fingerprint density at radius 2 is 1.61 bits per heavy atom. The van der Waals surface area contributed by atoms with Crippen molar-refractivity contribution in [3.63, 3.8) is 0 Å². The Balaban J connectivity index is 1.45. The number of carbonyl (C=O) groups excluding carboxylic acids is 2. The molecule has 2 aromatic carbocycles. The number of nitrogens with one attached hydrogen (secondary N) is 1. The van der Waals surface area contributed by atoms with Crippen molar-refractivity contribution in [2.45, 2.75) is 23.5 Å². The topological polar surface area (TPSA) is 79.2 Å². The number of benzene rings is 2. The third-order valence-corrected chi connectivity index (χ3v) is 7.78. The van der Waals surface area contributed by atoms with Gasteiger partial charge in [-0.2, -0.15) is 17.5 Å². The maximum atomic E-state index is 13.2. The summed E-state index contributed by atoms with van der Waals surface area (Å²) in [6, 6.07) is 7.82. The van der Waals surface area contributed by atoms with Crippen LogP contribution >= 0.6 is 0 Å². The van der Waals surface area contributed by atoms with E-state index in [4.69, 9.17) is 0 Å². The van der Waals surface area contributed by atoms with E-state index < -0.39 is 50.3 Å². The van der Waals surface area contributed by atoms with Crippen LogP contribution in [0.25, 0.3) is 0 Å². The molecule has 4 rings (SSSR count). The Morgan fingerprint density at radius 1 is 0.970 bits per heavy atom. The first kappa shape index (κ1) is 23.3. The maximum absolute atomic E-state index is 13.2. The van der Waals surface area contributed by atoms with Gasteiger partial charge in [0, 0.05) is 0 Å². The Kier molecular flexibility index (Phi) is 6.01. The van der Waals surface area contributed by atoms with Crippen molar-refractivity contribution in [2.24, 2.45) is 0 Å². The third kappa shape index (κ3) is 4.50. The second kappa shape index (κ2) is 8.50. The fraction of sp³-hybridized carbons (Fsp3) is 0.333. The summed E-state index contributed by atoms with van der Waals surface area (Å²) in [6.07, 6.45) is -4.73. The average Bonchev–Trinajstić information content (AvgIpc) is 3.08. The lowest BCUT2D eigenvalue weighted by Crippen LogP contribution is -3.19. The van der Waals surface area contributed by atoms with Gasteiger partial charge in [0.1, 0.15) is 5.82 Å². The van der Waals surface area contributed by atoms with Gasteiger partial charge in [0.2, 0.25) is 15.9 Å². The molecule has 0 radical (unpaired) electrons. The Bertz CT molecular complexity index is 1180. The van der Waals surface area contributed by atoms with Crippen molar-refractivity contribution in [1.82, 2.24) is 4.31 Å². The lowest BCUT2D eigenvalue weighted by molar-refractivity contribution is -0.918. The van der Waals surface area contributed by atoms with Crippen LogP contribution in [0.15, 0.2) is 53.4 Å². The predicted octanol–water partition coefficient (Wildman–Crippen LogP) is 1.07. The quantitative estimate of drug-likeness (QED) is 0.518. The van der Waals surface area contributed by atoms with E-state index in [1.54, 1.807) is 0 Å². The van der Waals surface area contributed by atoms with Gasteiger partial charge in [0.15, 0.2) is 6.04 Å². The van der Waals surface area contributed by atoms with Crippen molar-refractivity contribution < 1.29 is 40.5 Å². The highest BCUT2D eigenvalue weighted by Gasteiger charge is 2.47. The minimum Gasteiger partial charge on any atom is -0.322 e. The summed E-state index contributed by atoms with van der Waals surface area (Å²) in [7, 11) is -4.15. The molecular formula is C21H20F4N3O4S+. The molecule has 2 amide bonds. The second-order valence-electron chi connectivity index (χ2n) is 7.89. The number of imide groups is 1. The van der Waals surface area contributed by atoms with E-state index in [-0.39, 0.29) is 38.3 Å². The third-order valence-electron chi connectivity index (χ3n) is 5.89. The first-order valence-electron chi connectivity index (χ1n) is 10.1. The number of rotatable bonds is 4. The molecule has 0 spiro atoms. The van der Waals surface area contributed by atoms with E-state index in [1.165, 1.54) is 12.1 Å². The van der Waals surface area contributed by atoms with Crippen LogP contribution in [-0.4, -0.2) is 56.8 Å². The molecular weight excluding hydrogens is 466 g/mol. The van der Waals surface area contributed by atoms with E-state index in [1.807, 2.05) is 0 Å². The molecule has 0 aromatic heterocycles. The van der Waals surface area contributed by atoms with Gasteiger partial charge in [0.05, 0.1) is 48.7 Å². The number of piperazine rings is 1. The zero-order chi connectivity index (χ0) is 24.0. The number of quaternary nitrogens is 1. The van der Waals surface area contributed by atoms with Gasteiger partial charge in [-0.05, 0) is 42.5 Å². The summed E-state index contributed by atoms with van der Waals surface area (Å²) in [4.78, 5) is 26.6. The molecule has 2 fully saturated rings. The lowest BCUT2D eigenvalue weighted by Gasteiger charge is -2.33. The zero-order valence-electron chi connectivity index (χ0n) is 17.2. The highest BCUT2D eigenvalue weighted by Crippen LogP contribution is 2.31. The first-order valence-corrected chi connectivity index (χ1v) is 11.6. The summed E-state index contributed by atoms with van der Waals surface area (Å²) < 4.78 is 78.9. The van der Waals surface area contributed by atoms with Crippen molar-refractivity contribution in [3.05, 3.63) is 59.9 Å². The van der Waals surface area contributed by atoms with Gasteiger partial charge in [-0.15, -0.1) is 0 Å². The van der Waals surface area contributed by atoms with E-state index in [9.17, 15) is 35.6 Å². The molecule has 2 aliphatic heterocycles. The Hall–Kier alpha value is -2.83.